The van der Waals surface area contributed by atoms with Crippen LogP contribution in [0.4, 0.5) is 0 Å². The Hall–Kier alpha value is -2.99. The van der Waals surface area contributed by atoms with Gasteiger partial charge in [-0.15, -0.1) is 11.3 Å². The van der Waals surface area contributed by atoms with Crippen molar-refractivity contribution >= 4 is 17.2 Å². The number of carbonyl (C=O) groups excluding carboxylic acids is 1. The van der Waals surface area contributed by atoms with Crippen molar-refractivity contribution in [3.8, 4) is 27.7 Å². The van der Waals surface area contributed by atoms with E-state index in [0.29, 0.717) is 19.1 Å². The van der Waals surface area contributed by atoms with Gasteiger partial charge in [-0.3, -0.25) is 4.79 Å². The molecule has 1 aromatic heterocycles. The summed E-state index contributed by atoms with van der Waals surface area (Å²) in [6.07, 6.45) is 0.985. The molecule has 0 bridgehead atoms. The number of methoxy groups -OCH3 is 1. The van der Waals surface area contributed by atoms with E-state index in [1.165, 1.54) is 16.9 Å². The van der Waals surface area contributed by atoms with Crippen molar-refractivity contribution in [1.82, 2.24) is 4.90 Å². The van der Waals surface area contributed by atoms with Gasteiger partial charge < -0.3 is 19.1 Å². The molecule has 1 fully saturated rings. The summed E-state index contributed by atoms with van der Waals surface area (Å²) in [7, 11) is 1.67. The second-order valence-electron chi connectivity index (χ2n) is 7.53. The van der Waals surface area contributed by atoms with Crippen molar-refractivity contribution in [3.05, 3.63) is 65.0 Å². The highest BCUT2D eigenvalue weighted by atomic mass is 32.1. The number of ether oxygens (including phenoxy) is 3. The highest BCUT2D eigenvalue weighted by Gasteiger charge is 2.29. The predicted octanol–water partition coefficient (Wildman–Crippen LogP) is 4.82. The number of thiophene rings is 1. The molecular weight excluding hydrogens is 398 g/mol. The summed E-state index contributed by atoms with van der Waals surface area (Å²) in [6.45, 7) is 2.68. The van der Waals surface area contributed by atoms with E-state index in [1.54, 1.807) is 7.11 Å². The van der Waals surface area contributed by atoms with Crippen LogP contribution < -0.4 is 14.2 Å². The molecule has 3 heterocycles. The van der Waals surface area contributed by atoms with Gasteiger partial charge in [0.05, 0.1) is 12.0 Å². The van der Waals surface area contributed by atoms with Gasteiger partial charge in [0.15, 0.2) is 11.5 Å². The fraction of sp³-hybridized carbons (Fsp3) is 0.292. The van der Waals surface area contributed by atoms with Crippen molar-refractivity contribution in [2.24, 2.45) is 0 Å². The van der Waals surface area contributed by atoms with Gasteiger partial charge in [-0.05, 0) is 60.0 Å². The van der Waals surface area contributed by atoms with Crippen LogP contribution in [0.25, 0.3) is 10.4 Å². The zero-order chi connectivity index (χ0) is 20.5. The smallest absolute Gasteiger partial charge is 0.263 e. The van der Waals surface area contributed by atoms with Crippen LogP contribution in [0.15, 0.2) is 54.6 Å². The molecule has 2 aromatic carbocycles. The Bertz CT molecular complexity index is 1060. The maximum Gasteiger partial charge on any atom is 0.263 e. The minimum Gasteiger partial charge on any atom is -0.497 e. The van der Waals surface area contributed by atoms with Crippen molar-refractivity contribution < 1.29 is 19.0 Å². The lowest BCUT2D eigenvalue weighted by Crippen LogP contribution is -2.27. The molecule has 0 saturated carbocycles. The molecule has 2 aliphatic heterocycles. The lowest BCUT2D eigenvalue weighted by molar-refractivity contribution is 0.0795. The fourth-order valence-electron chi connectivity index (χ4n) is 4.05. The second kappa shape index (κ2) is 8.03. The van der Waals surface area contributed by atoms with Crippen LogP contribution in [-0.2, 0) is 0 Å². The van der Waals surface area contributed by atoms with Crippen LogP contribution in [0.3, 0.4) is 0 Å². The number of carbonyl (C=O) groups is 1. The van der Waals surface area contributed by atoms with Gasteiger partial charge in [0.1, 0.15) is 19.0 Å². The van der Waals surface area contributed by atoms with Crippen molar-refractivity contribution in [2.75, 3.05) is 33.4 Å². The number of hydrogen-bond donors (Lipinski definition) is 0. The Labute approximate surface area is 179 Å². The number of likely N-dealkylation sites (tertiary alicyclic amines) is 1. The third-order valence-electron chi connectivity index (χ3n) is 5.71. The molecule has 6 heteroatoms. The second-order valence-corrected chi connectivity index (χ2v) is 8.62. The summed E-state index contributed by atoms with van der Waals surface area (Å²) in [6, 6.07) is 18.1. The molecule has 5 nitrogen and oxygen atoms in total. The molecule has 0 aliphatic carbocycles. The molecule has 0 N–H and O–H groups in total. The van der Waals surface area contributed by atoms with Crippen LogP contribution in [0, 0.1) is 0 Å². The van der Waals surface area contributed by atoms with Gasteiger partial charge >= 0.3 is 0 Å². The molecule has 5 rings (SSSR count). The van der Waals surface area contributed by atoms with E-state index in [0.717, 1.165) is 52.1 Å². The molecule has 1 saturated heterocycles. The Morgan fingerprint density at radius 3 is 2.63 bits per heavy atom. The highest BCUT2D eigenvalue weighted by Crippen LogP contribution is 2.37. The topological polar surface area (TPSA) is 48.0 Å². The number of rotatable bonds is 4. The summed E-state index contributed by atoms with van der Waals surface area (Å²) in [5.41, 5.74) is 2.30. The third-order valence-corrected chi connectivity index (χ3v) is 6.83. The molecular formula is C24H23NO4S. The molecule has 1 atom stereocenters. The van der Waals surface area contributed by atoms with Crippen LogP contribution in [0.1, 0.15) is 27.6 Å². The number of hydrogen-bond acceptors (Lipinski definition) is 5. The van der Waals surface area contributed by atoms with E-state index in [2.05, 4.69) is 12.1 Å². The van der Waals surface area contributed by atoms with Gasteiger partial charge in [0.25, 0.3) is 5.91 Å². The van der Waals surface area contributed by atoms with Gasteiger partial charge in [0.2, 0.25) is 0 Å². The van der Waals surface area contributed by atoms with Gasteiger partial charge in [-0.25, -0.2) is 0 Å². The first kappa shape index (κ1) is 19.0. The summed E-state index contributed by atoms with van der Waals surface area (Å²) in [5, 5.41) is 0. The normalized spacial score (nSPS) is 17.8. The predicted molar refractivity (Wildman–Crippen MR) is 117 cm³/mol. The Balaban J connectivity index is 1.29. The van der Waals surface area contributed by atoms with E-state index in [-0.39, 0.29) is 5.91 Å². The molecule has 1 unspecified atom stereocenters. The summed E-state index contributed by atoms with van der Waals surface area (Å²) >= 11 is 1.53. The van der Waals surface area contributed by atoms with E-state index < -0.39 is 0 Å². The minimum atomic E-state index is 0.111. The average Bonchev–Trinajstić information content (AvgIpc) is 3.49. The Kier molecular flexibility index (Phi) is 5.09. The highest BCUT2D eigenvalue weighted by molar-refractivity contribution is 7.17. The zero-order valence-electron chi connectivity index (χ0n) is 16.8. The summed E-state index contributed by atoms with van der Waals surface area (Å²) in [4.78, 5) is 16.9. The van der Waals surface area contributed by atoms with Crippen LogP contribution in [0.5, 0.6) is 17.2 Å². The van der Waals surface area contributed by atoms with Gasteiger partial charge in [-0.2, -0.15) is 0 Å². The van der Waals surface area contributed by atoms with Gasteiger partial charge in [0, 0.05) is 23.9 Å². The average molecular weight is 422 g/mol. The lowest BCUT2D eigenvalue weighted by Gasteiger charge is -2.18. The lowest BCUT2D eigenvalue weighted by atomic mass is 9.98. The summed E-state index contributed by atoms with van der Waals surface area (Å²) in [5.74, 6) is 2.88. The molecule has 0 radical (unpaired) electrons. The standard InChI is InChI=1S/C24H23NO4S/c1-27-19-5-2-16(3-6-19)18-10-11-25(15-18)24(26)23-9-8-22(30-23)17-4-7-20-21(14-17)29-13-12-28-20/h2-9,14,18H,10-13,15H2,1H3. The zero-order valence-corrected chi connectivity index (χ0v) is 17.6. The van der Waals surface area contributed by atoms with E-state index in [9.17, 15) is 4.79 Å². The maximum atomic E-state index is 13.1. The molecule has 1 amide bonds. The first-order valence-corrected chi connectivity index (χ1v) is 11.0. The quantitative estimate of drug-likeness (QED) is 0.606. The number of fused-ring (bicyclic) bond motifs is 1. The Morgan fingerprint density at radius 2 is 1.83 bits per heavy atom. The molecule has 3 aromatic rings. The number of amides is 1. The van der Waals surface area contributed by atoms with Gasteiger partial charge in [-0.1, -0.05) is 12.1 Å². The van der Waals surface area contributed by atoms with E-state index >= 15 is 0 Å². The minimum absolute atomic E-state index is 0.111. The SMILES string of the molecule is COc1ccc(C2CCN(C(=O)c3ccc(-c4ccc5c(c4)OCCO5)s3)C2)cc1. The molecule has 2 aliphatic rings. The number of nitrogens with zero attached hydrogens (tertiary/aromatic N) is 1. The third kappa shape index (κ3) is 3.63. The van der Waals surface area contributed by atoms with Crippen LogP contribution in [-0.4, -0.2) is 44.2 Å². The van der Waals surface area contributed by atoms with E-state index in [4.69, 9.17) is 14.2 Å². The first-order valence-electron chi connectivity index (χ1n) is 10.1. The largest absolute Gasteiger partial charge is 0.497 e. The molecule has 30 heavy (non-hydrogen) atoms. The van der Waals surface area contributed by atoms with Crippen molar-refractivity contribution in [2.45, 2.75) is 12.3 Å². The number of benzene rings is 2. The summed E-state index contributed by atoms with van der Waals surface area (Å²) < 4.78 is 16.5. The van der Waals surface area contributed by atoms with Crippen LogP contribution >= 0.6 is 11.3 Å². The maximum absolute atomic E-state index is 13.1. The monoisotopic (exact) mass is 421 g/mol. The van der Waals surface area contributed by atoms with Crippen molar-refractivity contribution in [3.63, 3.8) is 0 Å². The molecule has 0 spiro atoms. The van der Waals surface area contributed by atoms with E-state index in [1.807, 2.05) is 47.4 Å². The van der Waals surface area contributed by atoms with Crippen LogP contribution in [0.2, 0.25) is 0 Å². The molecule has 154 valence electrons. The Morgan fingerprint density at radius 1 is 1.03 bits per heavy atom. The first-order chi connectivity index (χ1) is 14.7. The van der Waals surface area contributed by atoms with Crippen molar-refractivity contribution in [1.29, 1.82) is 0 Å². The fourth-order valence-corrected chi connectivity index (χ4v) is 5.02.